The summed E-state index contributed by atoms with van der Waals surface area (Å²) in [6.45, 7) is 1.66. The van der Waals surface area contributed by atoms with Gasteiger partial charge in [0, 0.05) is 17.7 Å². The molecule has 1 atom stereocenters. The van der Waals surface area contributed by atoms with E-state index in [0.29, 0.717) is 10.9 Å². The number of aromatic nitrogens is 1. The number of hydrogen-bond donors (Lipinski definition) is 1. The van der Waals surface area contributed by atoms with E-state index in [9.17, 15) is 13.2 Å². The minimum Gasteiger partial charge on any atom is -0.352 e. The molecule has 0 bridgehead atoms. The van der Waals surface area contributed by atoms with Gasteiger partial charge in [-0.2, -0.15) is 0 Å². The molecular weight excluding hydrogens is 296 g/mol. The van der Waals surface area contributed by atoms with Crippen molar-refractivity contribution in [2.75, 3.05) is 12.0 Å². The van der Waals surface area contributed by atoms with Gasteiger partial charge in [-0.1, -0.05) is 0 Å². The zero-order valence-corrected chi connectivity index (χ0v) is 12.5. The monoisotopic (exact) mass is 310 g/mol. The molecule has 1 aromatic rings. The first kappa shape index (κ1) is 15.4. The molecule has 0 aliphatic heterocycles. The Balaban J connectivity index is 2.46. The van der Waals surface area contributed by atoms with Crippen molar-refractivity contribution in [1.82, 2.24) is 10.3 Å². The summed E-state index contributed by atoms with van der Waals surface area (Å²) < 4.78 is 22.1. The number of hydrogen-bond acceptors (Lipinski definition) is 5. The Morgan fingerprint density at radius 3 is 2.78 bits per heavy atom. The molecule has 8 heteroatoms. The molecule has 1 amide bonds. The van der Waals surface area contributed by atoms with E-state index in [1.165, 1.54) is 11.3 Å². The Labute approximate surface area is 115 Å². The Hall–Kier alpha value is -0.660. The lowest BCUT2D eigenvalue weighted by Gasteiger charge is -2.11. The minimum atomic E-state index is -3.09. The maximum atomic E-state index is 11.6. The van der Waals surface area contributed by atoms with Gasteiger partial charge in [-0.15, -0.1) is 22.9 Å². The molecule has 18 heavy (non-hydrogen) atoms. The van der Waals surface area contributed by atoms with Crippen molar-refractivity contribution in [1.29, 1.82) is 0 Å². The van der Waals surface area contributed by atoms with Crippen LogP contribution in [-0.4, -0.2) is 37.4 Å². The van der Waals surface area contributed by atoms with Crippen LogP contribution in [-0.2, 0) is 26.9 Å². The number of rotatable bonds is 6. The molecule has 1 N–H and O–H groups in total. The molecule has 0 aliphatic rings. The SMILES string of the molecule is CC(CS(C)(=O)=O)NC(=O)Cc1nc(CCl)cs1. The van der Waals surface area contributed by atoms with Gasteiger partial charge in [0.1, 0.15) is 14.8 Å². The highest BCUT2D eigenvalue weighted by atomic mass is 35.5. The first-order valence-electron chi connectivity index (χ1n) is 5.26. The lowest BCUT2D eigenvalue weighted by atomic mass is 10.3. The number of alkyl halides is 1. The Kier molecular flexibility index (Phi) is 5.55. The van der Waals surface area contributed by atoms with Crippen LogP contribution in [0, 0.1) is 0 Å². The number of amides is 1. The van der Waals surface area contributed by atoms with Crippen molar-refractivity contribution < 1.29 is 13.2 Å². The van der Waals surface area contributed by atoms with E-state index in [4.69, 9.17) is 11.6 Å². The number of carbonyl (C=O) groups is 1. The fourth-order valence-electron chi connectivity index (χ4n) is 1.45. The van der Waals surface area contributed by atoms with Gasteiger partial charge in [0.2, 0.25) is 5.91 Å². The summed E-state index contributed by atoms with van der Waals surface area (Å²) in [4.78, 5) is 15.8. The van der Waals surface area contributed by atoms with Crippen LogP contribution >= 0.6 is 22.9 Å². The molecule has 0 aliphatic carbocycles. The predicted molar refractivity (Wildman–Crippen MR) is 72.7 cm³/mol. The molecule has 0 aromatic carbocycles. The van der Waals surface area contributed by atoms with Crippen LogP contribution in [0.3, 0.4) is 0 Å². The second kappa shape index (κ2) is 6.49. The largest absolute Gasteiger partial charge is 0.352 e. The number of halogens is 1. The van der Waals surface area contributed by atoms with E-state index in [2.05, 4.69) is 10.3 Å². The number of sulfone groups is 1. The third-order valence-electron chi connectivity index (χ3n) is 2.01. The average molecular weight is 311 g/mol. The van der Waals surface area contributed by atoms with E-state index >= 15 is 0 Å². The highest BCUT2D eigenvalue weighted by molar-refractivity contribution is 7.90. The quantitative estimate of drug-likeness (QED) is 0.795. The van der Waals surface area contributed by atoms with Gasteiger partial charge in [0.15, 0.2) is 0 Å². The van der Waals surface area contributed by atoms with Gasteiger partial charge in [0.25, 0.3) is 0 Å². The van der Waals surface area contributed by atoms with Crippen LogP contribution in [0.15, 0.2) is 5.38 Å². The molecule has 0 fully saturated rings. The third-order valence-corrected chi connectivity index (χ3v) is 4.29. The van der Waals surface area contributed by atoms with E-state index in [1.54, 1.807) is 12.3 Å². The summed E-state index contributed by atoms with van der Waals surface area (Å²) in [5.74, 6) is 0.0215. The summed E-state index contributed by atoms with van der Waals surface area (Å²) in [6.07, 6.45) is 1.29. The third kappa shape index (κ3) is 5.79. The Bertz CT molecular complexity index is 513. The van der Waals surface area contributed by atoms with E-state index in [-0.39, 0.29) is 18.1 Å². The van der Waals surface area contributed by atoms with Gasteiger partial charge in [-0.3, -0.25) is 4.79 Å². The first-order chi connectivity index (χ1) is 8.30. The number of thiazole rings is 1. The van der Waals surface area contributed by atoms with E-state index < -0.39 is 15.9 Å². The number of nitrogens with zero attached hydrogens (tertiary/aromatic N) is 1. The second-order valence-corrected chi connectivity index (χ2v) is 7.50. The van der Waals surface area contributed by atoms with Crippen LogP contribution in [0.2, 0.25) is 0 Å². The lowest BCUT2D eigenvalue weighted by Crippen LogP contribution is -2.38. The maximum absolute atomic E-state index is 11.6. The van der Waals surface area contributed by atoms with Crippen LogP contribution in [0.1, 0.15) is 17.6 Å². The Morgan fingerprint density at radius 1 is 1.61 bits per heavy atom. The summed E-state index contributed by atoms with van der Waals surface area (Å²) >= 11 is 6.98. The zero-order valence-electron chi connectivity index (χ0n) is 10.1. The van der Waals surface area contributed by atoms with Crippen molar-refractivity contribution >= 4 is 38.7 Å². The minimum absolute atomic E-state index is 0.0659. The average Bonchev–Trinajstić information content (AvgIpc) is 2.61. The molecule has 0 saturated carbocycles. The molecule has 5 nitrogen and oxygen atoms in total. The molecule has 1 aromatic heterocycles. The second-order valence-electron chi connectivity index (χ2n) is 4.10. The standard InChI is InChI=1S/C10H15ClN2O3S2/c1-7(6-18(2,15)16)12-9(14)3-10-13-8(4-11)5-17-10/h5,7H,3-4,6H2,1-2H3,(H,12,14). The fourth-order valence-corrected chi connectivity index (χ4v) is 3.46. The molecule has 1 unspecified atom stereocenters. The predicted octanol–water partition coefficient (Wildman–Crippen LogP) is 0.974. The highest BCUT2D eigenvalue weighted by Crippen LogP contribution is 2.12. The van der Waals surface area contributed by atoms with E-state index in [1.807, 2.05) is 0 Å². The number of nitrogens with one attached hydrogen (secondary N) is 1. The lowest BCUT2D eigenvalue weighted by molar-refractivity contribution is -0.120. The molecule has 0 radical (unpaired) electrons. The molecule has 0 spiro atoms. The fraction of sp³-hybridized carbons (Fsp3) is 0.600. The highest BCUT2D eigenvalue weighted by Gasteiger charge is 2.14. The first-order valence-corrected chi connectivity index (χ1v) is 8.74. The van der Waals surface area contributed by atoms with Crippen molar-refractivity contribution in [3.63, 3.8) is 0 Å². The van der Waals surface area contributed by atoms with Gasteiger partial charge in [-0.05, 0) is 6.92 Å². The van der Waals surface area contributed by atoms with Crippen LogP contribution in [0.25, 0.3) is 0 Å². The molecular formula is C10H15ClN2O3S2. The maximum Gasteiger partial charge on any atom is 0.227 e. The van der Waals surface area contributed by atoms with Crippen LogP contribution in [0.4, 0.5) is 0 Å². The smallest absolute Gasteiger partial charge is 0.227 e. The van der Waals surface area contributed by atoms with Crippen LogP contribution < -0.4 is 5.32 Å². The van der Waals surface area contributed by atoms with E-state index in [0.717, 1.165) is 11.9 Å². The Morgan fingerprint density at radius 2 is 2.28 bits per heavy atom. The summed E-state index contributed by atoms with van der Waals surface area (Å²) in [7, 11) is -3.09. The van der Waals surface area contributed by atoms with Crippen molar-refractivity contribution in [2.24, 2.45) is 0 Å². The normalized spacial score (nSPS) is 13.3. The van der Waals surface area contributed by atoms with Crippen LogP contribution in [0.5, 0.6) is 0 Å². The number of carbonyl (C=O) groups excluding carboxylic acids is 1. The van der Waals surface area contributed by atoms with Gasteiger partial charge in [0.05, 0.1) is 23.7 Å². The topological polar surface area (TPSA) is 76.1 Å². The summed E-state index contributed by atoms with van der Waals surface area (Å²) in [5, 5.41) is 5.10. The zero-order chi connectivity index (χ0) is 13.8. The molecule has 1 rings (SSSR count). The summed E-state index contributed by atoms with van der Waals surface area (Å²) in [5.41, 5.74) is 0.744. The van der Waals surface area contributed by atoms with Gasteiger partial charge >= 0.3 is 0 Å². The molecule has 1 heterocycles. The van der Waals surface area contributed by atoms with Crippen molar-refractivity contribution in [3.8, 4) is 0 Å². The summed E-state index contributed by atoms with van der Waals surface area (Å²) in [6, 6.07) is -0.403. The molecule has 0 saturated heterocycles. The molecule has 102 valence electrons. The van der Waals surface area contributed by atoms with Gasteiger partial charge in [-0.25, -0.2) is 13.4 Å². The van der Waals surface area contributed by atoms with Crippen molar-refractivity contribution in [3.05, 3.63) is 16.1 Å². The van der Waals surface area contributed by atoms with Gasteiger partial charge < -0.3 is 5.32 Å². The van der Waals surface area contributed by atoms with Crippen molar-refractivity contribution in [2.45, 2.75) is 25.3 Å².